The lowest BCUT2D eigenvalue weighted by Gasteiger charge is -2.19. The molecule has 1 unspecified atom stereocenters. The molecule has 3 heteroatoms. The molecule has 0 spiro atoms. The van der Waals surface area contributed by atoms with Gasteiger partial charge in [-0.15, -0.1) is 0 Å². The fourth-order valence-corrected chi connectivity index (χ4v) is 2.87. The first kappa shape index (κ1) is 12.4. The number of nitriles is 1. The van der Waals surface area contributed by atoms with Crippen molar-refractivity contribution in [2.75, 3.05) is 5.32 Å². The molecule has 0 saturated heterocycles. The molecule has 90 valence electrons. The maximum absolute atomic E-state index is 9.08. The molecule has 0 amide bonds. The lowest BCUT2D eigenvalue weighted by molar-refractivity contribution is 0.378. The van der Waals surface area contributed by atoms with Crippen molar-refractivity contribution < 1.29 is 0 Å². The Labute approximate surface area is 111 Å². The summed E-state index contributed by atoms with van der Waals surface area (Å²) in [5, 5.41) is 12.6. The molecule has 2 rings (SSSR count). The lowest BCUT2D eigenvalue weighted by atomic mass is 9.92. The zero-order chi connectivity index (χ0) is 12.5. The van der Waals surface area contributed by atoms with E-state index < -0.39 is 0 Å². The Balaban J connectivity index is 2.14. The summed E-state index contributed by atoms with van der Waals surface area (Å²) >= 11 is 3.45. The maximum atomic E-state index is 9.08. The highest BCUT2D eigenvalue weighted by Crippen LogP contribution is 2.38. The average Bonchev–Trinajstić information content (AvgIpc) is 2.58. The lowest BCUT2D eigenvalue weighted by Crippen LogP contribution is -2.18. The molecule has 0 bridgehead atoms. The Morgan fingerprint density at radius 3 is 2.82 bits per heavy atom. The first-order chi connectivity index (χ1) is 8.00. The van der Waals surface area contributed by atoms with Crippen molar-refractivity contribution in [1.29, 1.82) is 5.26 Å². The predicted octanol–water partition coefficient (Wildman–Crippen LogP) is 4.31. The van der Waals surface area contributed by atoms with Crippen LogP contribution >= 0.6 is 15.9 Å². The van der Waals surface area contributed by atoms with Crippen LogP contribution < -0.4 is 5.32 Å². The van der Waals surface area contributed by atoms with Crippen molar-refractivity contribution in [2.24, 2.45) is 5.41 Å². The smallest absolute Gasteiger partial charge is 0.101 e. The summed E-state index contributed by atoms with van der Waals surface area (Å²) in [7, 11) is 0. The molecule has 1 N–H and O–H groups in total. The molecular formula is C14H17BrN2. The van der Waals surface area contributed by atoms with Crippen LogP contribution in [0.25, 0.3) is 0 Å². The number of nitrogens with zero attached hydrogens (tertiary/aromatic N) is 1. The van der Waals surface area contributed by atoms with Gasteiger partial charge in [0.05, 0.1) is 11.3 Å². The minimum atomic E-state index is 0.427. The van der Waals surface area contributed by atoms with E-state index in [0.29, 0.717) is 11.5 Å². The molecule has 1 aromatic carbocycles. The highest BCUT2D eigenvalue weighted by molar-refractivity contribution is 9.10. The Morgan fingerprint density at radius 2 is 2.24 bits per heavy atom. The number of nitrogens with one attached hydrogen (secondary N) is 1. The molecule has 2 nitrogen and oxygen atoms in total. The van der Waals surface area contributed by atoms with E-state index in [2.05, 4.69) is 41.2 Å². The van der Waals surface area contributed by atoms with Gasteiger partial charge in [-0.3, -0.25) is 0 Å². The van der Waals surface area contributed by atoms with E-state index >= 15 is 0 Å². The third-order valence-corrected chi connectivity index (χ3v) is 3.92. The summed E-state index contributed by atoms with van der Waals surface area (Å²) in [5.41, 5.74) is 2.10. The summed E-state index contributed by atoms with van der Waals surface area (Å²) in [5.74, 6) is 0. The van der Waals surface area contributed by atoms with Crippen LogP contribution in [0.2, 0.25) is 0 Å². The first-order valence-corrected chi connectivity index (χ1v) is 6.76. The molecular weight excluding hydrogens is 276 g/mol. The number of benzene rings is 1. The Hall–Kier alpha value is -1.01. The van der Waals surface area contributed by atoms with Crippen molar-refractivity contribution in [1.82, 2.24) is 0 Å². The van der Waals surface area contributed by atoms with Gasteiger partial charge >= 0.3 is 0 Å². The fraction of sp³-hybridized carbons (Fsp3) is 0.500. The van der Waals surface area contributed by atoms with Crippen LogP contribution in [-0.2, 0) is 0 Å². The molecule has 0 heterocycles. The molecule has 17 heavy (non-hydrogen) atoms. The predicted molar refractivity (Wildman–Crippen MR) is 73.9 cm³/mol. The molecule has 1 aliphatic rings. The highest BCUT2D eigenvalue weighted by atomic mass is 79.9. The van der Waals surface area contributed by atoms with Crippen LogP contribution in [-0.4, -0.2) is 6.04 Å². The van der Waals surface area contributed by atoms with Crippen LogP contribution in [0.3, 0.4) is 0 Å². The van der Waals surface area contributed by atoms with Crippen molar-refractivity contribution in [3.05, 3.63) is 28.2 Å². The average molecular weight is 293 g/mol. The quantitative estimate of drug-likeness (QED) is 0.882. The van der Waals surface area contributed by atoms with Crippen molar-refractivity contribution in [2.45, 2.75) is 39.2 Å². The van der Waals surface area contributed by atoms with Gasteiger partial charge in [-0.1, -0.05) is 29.8 Å². The Bertz CT molecular complexity index is 460. The van der Waals surface area contributed by atoms with Crippen molar-refractivity contribution in [3.8, 4) is 6.07 Å². The number of anilines is 1. The van der Waals surface area contributed by atoms with E-state index in [1.165, 1.54) is 19.3 Å². The van der Waals surface area contributed by atoms with Gasteiger partial charge in [0.15, 0.2) is 0 Å². The molecule has 1 aromatic rings. The van der Waals surface area contributed by atoms with Gasteiger partial charge in [0, 0.05) is 10.5 Å². The number of hydrogen-bond donors (Lipinski definition) is 1. The number of halogens is 1. The first-order valence-electron chi connectivity index (χ1n) is 5.96. The second-order valence-electron chi connectivity index (χ2n) is 5.55. The van der Waals surface area contributed by atoms with Crippen molar-refractivity contribution >= 4 is 21.6 Å². The molecule has 0 aromatic heterocycles. The van der Waals surface area contributed by atoms with Gasteiger partial charge in [0.25, 0.3) is 0 Å². The van der Waals surface area contributed by atoms with Crippen LogP contribution in [0.4, 0.5) is 5.69 Å². The van der Waals surface area contributed by atoms with Gasteiger partial charge in [-0.25, -0.2) is 0 Å². The molecule has 1 atom stereocenters. The third kappa shape index (κ3) is 3.01. The standard InChI is InChI=1S/C14H17BrN2/c1-14(2)6-5-12(8-14)17-13-7-11(15)4-3-10(13)9-16/h3-4,7,12,17H,5-6,8H2,1-2H3. The second-order valence-corrected chi connectivity index (χ2v) is 6.47. The zero-order valence-electron chi connectivity index (χ0n) is 10.3. The van der Waals surface area contributed by atoms with E-state index in [1.807, 2.05) is 18.2 Å². The number of hydrogen-bond acceptors (Lipinski definition) is 2. The Morgan fingerprint density at radius 1 is 1.47 bits per heavy atom. The minimum absolute atomic E-state index is 0.427. The van der Waals surface area contributed by atoms with E-state index in [1.54, 1.807) is 0 Å². The molecule has 1 aliphatic carbocycles. The largest absolute Gasteiger partial charge is 0.381 e. The van der Waals surface area contributed by atoms with E-state index in [0.717, 1.165) is 15.7 Å². The molecule has 1 fully saturated rings. The molecule has 0 aliphatic heterocycles. The van der Waals surface area contributed by atoms with Gasteiger partial charge in [0.2, 0.25) is 0 Å². The van der Waals surface area contributed by atoms with Crippen LogP contribution in [0, 0.1) is 16.7 Å². The van der Waals surface area contributed by atoms with Crippen LogP contribution in [0.5, 0.6) is 0 Å². The summed E-state index contributed by atoms with van der Waals surface area (Å²) in [6, 6.07) is 8.47. The summed E-state index contributed by atoms with van der Waals surface area (Å²) in [4.78, 5) is 0. The molecule has 0 radical (unpaired) electrons. The summed E-state index contributed by atoms with van der Waals surface area (Å²) in [6.07, 6.45) is 3.61. The van der Waals surface area contributed by atoms with E-state index in [4.69, 9.17) is 5.26 Å². The van der Waals surface area contributed by atoms with Gasteiger partial charge in [-0.2, -0.15) is 5.26 Å². The summed E-state index contributed by atoms with van der Waals surface area (Å²) < 4.78 is 1.01. The van der Waals surface area contributed by atoms with Gasteiger partial charge in [-0.05, 0) is 42.9 Å². The van der Waals surface area contributed by atoms with Gasteiger partial charge < -0.3 is 5.32 Å². The van der Waals surface area contributed by atoms with Crippen LogP contribution in [0.15, 0.2) is 22.7 Å². The minimum Gasteiger partial charge on any atom is -0.381 e. The summed E-state index contributed by atoms with van der Waals surface area (Å²) in [6.45, 7) is 4.61. The SMILES string of the molecule is CC1(C)CCC(Nc2cc(Br)ccc2C#N)C1. The van der Waals surface area contributed by atoms with Gasteiger partial charge in [0.1, 0.15) is 6.07 Å². The fourth-order valence-electron chi connectivity index (χ4n) is 2.51. The number of rotatable bonds is 2. The zero-order valence-corrected chi connectivity index (χ0v) is 11.8. The van der Waals surface area contributed by atoms with E-state index in [9.17, 15) is 0 Å². The normalized spacial score (nSPS) is 22.1. The highest BCUT2D eigenvalue weighted by Gasteiger charge is 2.30. The Kier molecular flexibility index (Phi) is 3.44. The van der Waals surface area contributed by atoms with E-state index in [-0.39, 0.29) is 0 Å². The van der Waals surface area contributed by atoms with Crippen LogP contribution in [0.1, 0.15) is 38.7 Å². The second kappa shape index (κ2) is 4.70. The topological polar surface area (TPSA) is 35.8 Å². The third-order valence-electron chi connectivity index (χ3n) is 3.43. The molecule has 1 saturated carbocycles. The maximum Gasteiger partial charge on any atom is 0.101 e. The monoisotopic (exact) mass is 292 g/mol. The van der Waals surface area contributed by atoms with Crippen molar-refractivity contribution in [3.63, 3.8) is 0 Å².